The zero-order chi connectivity index (χ0) is 18.9. The van der Waals surface area contributed by atoms with Crippen molar-refractivity contribution in [2.45, 2.75) is 45.1 Å². The van der Waals surface area contributed by atoms with Crippen molar-refractivity contribution in [1.29, 1.82) is 0 Å². The molecule has 0 unspecified atom stereocenters. The first kappa shape index (κ1) is 19.8. The number of benzene rings is 1. The average molecular weight is 375 g/mol. The number of nitrogens with one attached hydrogen (secondary N) is 1. The smallest absolute Gasteiger partial charge is 0.231 e. The Balaban J connectivity index is 1.33. The van der Waals surface area contributed by atoms with Gasteiger partial charge < -0.3 is 24.6 Å². The molecule has 2 heterocycles. The summed E-state index contributed by atoms with van der Waals surface area (Å²) in [6, 6.07) is 6.11. The Morgan fingerprint density at radius 3 is 2.74 bits per heavy atom. The van der Waals surface area contributed by atoms with Gasteiger partial charge in [-0.3, -0.25) is 4.99 Å². The van der Waals surface area contributed by atoms with Gasteiger partial charge in [0.15, 0.2) is 17.5 Å². The predicted molar refractivity (Wildman–Crippen MR) is 110 cm³/mol. The molecule has 2 aliphatic rings. The van der Waals surface area contributed by atoms with Crippen molar-refractivity contribution in [2.24, 2.45) is 4.99 Å². The monoisotopic (exact) mass is 374 g/mol. The van der Waals surface area contributed by atoms with E-state index in [0.29, 0.717) is 6.79 Å². The topological polar surface area (TPSA) is 49.3 Å². The Bertz CT molecular complexity index is 614. The molecule has 6 heteroatoms. The highest BCUT2D eigenvalue weighted by molar-refractivity contribution is 5.79. The summed E-state index contributed by atoms with van der Waals surface area (Å²) in [7, 11) is 3.91. The molecule has 1 saturated heterocycles. The van der Waals surface area contributed by atoms with Gasteiger partial charge in [-0.2, -0.15) is 0 Å². The summed E-state index contributed by atoms with van der Waals surface area (Å²) < 4.78 is 10.8. The third kappa shape index (κ3) is 6.03. The lowest BCUT2D eigenvalue weighted by atomic mass is 10.1. The molecule has 0 aliphatic carbocycles. The molecule has 6 nitrogen and oxygen atoms in total. The molecule has 3 rings (SSSR count). The minimum atomic E-state index is 0.315. The van der Waals surface area contributed by atoms with E-state index in [-0.39, 0.29) is 0 Å². The third-order valence-electron chi connectivity index (χ3n) is 5.31. The molecule has 0 saturated carbocycles. The average Bonchev–Trinajstić information content (AvgIpc) is 3.16. The second-order valence-corrected chi connectivity index (χ2v) is 7.48. The number of piperidine rings is 1. The van der Waals surface area contributed by atoms with E-state index in [1.54, 1.807) is 0 Å². The minimum absolute atomic E-state index is 0.315. The van der Waals surface area contributed by atoms with Crippen LogP contribution in [0.4, 0.5) is 0 Å². The van der Waals surface area contributed by atoms with Gasteiger partial charge in [0.25, 0.3) is 0 Å². The minimum Gasteiger partial charge on any atom is -0.454 e. The van der Waals surface area contributed by atoms with Crippen molar-refractivity contribution in [1.82, 2.24) is 15.1 Å². The van der Waals surface area contributed by atoms with Gasteiger partial charge in [0.05, 0.1) is 0 Å². The van der Waals surface area contributed by atoms with Crippen LogP contribution in [-0.2, 0) is 6.54 Å². The van der Waals surface area contributed by atoms with E-state index in [4.69, 9.17) is 9.47 Å². The van der Waals surface area contributed by atoms with E-state index in [2.05, 4.69) is 33.2 Å². The van der Waals surface area contributed by atoms with Crippen LogP contribution in [0.1, 0.15) is 44.1 Å². The normalized spacial score (nSPS) is 17.2. The van der Waals surface area contributed by atoms with Crippen LogP contribution >= 0.6 is 0 Å². The number of hydrogen-bond acceptors (Lipinski definition) is 4. The van der Waals surface area contributed by atoms with E-state index in [1.807, 2.05) is 19.2 Å². The van der Waals surface area contributed by atoms with Gasteiger partial charge in [0, 0.05) is 27.2 Å². The second kappa shape index (κ2) is 10.4. The van der Waals surface area contributed by atoms with Gasteiger partial charge >= 0.3 is 0 Å². The molecule has 0 bridgehead atoms. The first-order chi connectivity index (χ1) is 13.3. The first-order valence-corrected chi connectivity index (χ1v) is 10.3. The highest BCUT2D eigenvalue weighted by Crippen LogP contribution is 2.32. The Labute approximate surface area is 163 Å². The van der Waals surface area contributed by atoms with Gasteiger partial charge in [-0.05, 0) is 63.0 Å². The summed E-state index contributed by atoms with van der Waals surface area (Å²) in [6.45, 7) is 5.93. The van der Waals surface area contributed by atoms with Crippen LogP contribution < -0.4 is 14.8 Å². The van der Waals surface area contributed by atoms with E-state index in [9.17, 15) is 0 Å². The standard InChI is InChI=1S/C21H34N4O2/c1-22-21(23-11-5-3-6-12-25-13-7-4-8-14-25)24(2)16-18-9-10-19-20(15-18)27-17-26-19/h9-10,15H,3-8,11-14,16-17H2,1-2H3,(H,22,23). The lowest BCUT2D eigenvalue weighted by Crippen LogP contribution is -2.38. The summed E-state index contributed by atoms with van der Waals surface area (Å²) in [5.74, 6) is 2.59. The maximum Gasteiger partial charge on any atom is 0.231 e. The number of rotatable bonds is 8. The Morgan fingerprint density at radius 1 is 1.11 bits per heavy atom. The molecule has 1 N–H and O–H groups in total. The van der Waals surface area contributed by atoms with Crippen LogP contribution in [0.5, 0.6) is 11.5 Å². The summed E-state index contributed by atoms with van der Waals surface area (Å²) >= 11 is 0. The fourth-order valence-electron chi connectivity index (χ4n) is 3.79. The van der Waals surface area contributed by atoms with E-state index in [1.165, 1.54) is 63.7 Å². The van der Waals surface area contributed by atoms with Crippen molar-refractivity contribution >= 4 is 5.96 Å². The number of unbranched alkanes of at least 4 members (excludes halogenated alkanes) is 2. The molecule has 1 aromatic carbocycles. The fraction of sp³-hybridized carbons (Fsp3) is 0.667. The van der Waals surface area contributed by atoms with Crippen molar-refractivity contribution in [3.63, 3.8) is 0 Å². The Hall–Kier alpha value is -1.95. The van der Waals surface area contributed by atoms with Gasteiger partial charge in [-0.25, -0.2) is 0 Å². The highest BCUT2D eigenvalue weighted by atomic mass is 16.7. The quantitative estimate of drug-likeness (QED) is 0.430. The van der Waals surface area contributed by atoms with E-state index < -0.39 is 0 Å². The van der Waals surface area contributed by atoms with Crippen LogP contribution in [0.25, 0.3) is 0 Å². The van der Waals surface area contributed by atoms with Crippen molar-refractivity contribution in [3.8, 4) is 11.5 Å². The van der Waals surface area contributed by atoms with E-state index >= 15 is 0 Å². The molecule has 27 heavy (non-hydrogen) atoms. The number of fused-ring (bicyclic) bond motifs is 1. The van der Waals surface area contributed by atoms with Crippen LogP contribution in [0.15, 0.2) is 23.2 Å². The Morgan fingerprint density at radius 2 is 1.93 bits per heavy atom. The molecule has 1 fully saturated rings. The van der Waals surface area contributed by atoms with Crippen LogP contribution in [0.2, 0.25) is 0 Å². The number of ether oxygens (including phenoxy) is 2. The number of hydrogen-bond donors (Lipinski definition) is 1. The third-order valence-corrected chi connectivity index (χ3v) is 5.31. The van der Waals surface area contributed by atoms with Gasteiger partial charge in [-0.1, -0.05) is 18.9 Å². The molecule has 0 spiro atoms. The van der Waals surface area contributed by atoms with Crippen LogP contribution in [0.3, 0.4) is 0 Å². The van der Waals surface area contributed by atoms with Gasteiger partial charge in [0.2, 0.25) is 6.79 Å². The maximum absolute atomic E-state index is 5.46. The largest absolute Gasteiger partial charge is 0.454 e. The molecule has 0 radical (unpaired) electrons. The summed E-state index contributed by atoms with van der Waals surface area (Å²) in [5.41, 5.74) is 1.19. The first-order valence-electron chi connectivity index (χ1n) is 10.3. The lowest BCUT2D eigenvalue weighted by Gasteiger charge is -2.26. The molecular formula is C21H34N4O2. The number of nitrogens with zero attached hydrogens (tertiary/aromatic N) is 3. The van der Waals surface area contributed by atoms with E-state index in [0.717, 1.165) is 30.5 Å². The number of likely N-dealkylation sites (tertiary alicyclic amines) is 1. The van der Waals surface area contributed by atoms with Crippen LogP contribution in [-0.4, -0.2) is 62.8 Å². The zero-order valence-corrected chi connectivity index (χ0v) is 16.9. The predicted octanol–water partition coefficient (Wildman–Crippen LogP) is 3.08. The molecule has 150 valence electrons. The second-order valence-electron chi connectivity index (χ2n) is 7.48. The molecule has 0 aromatic heterocycles. The molecule has 0 atom stereocenters. The summed E-state index contributed by atoms with van der Waals surface area (Å²) in [6.07, 6.45) is 7.94. The van der Waals surface area contributed by atoms with Crippen LogP contribution in [0, 0.1) is 0 Å². The number of aliphatic imine (C=N–C) groups is 1. The fourth-order valence-corrected chi connectivity index (χ4v) is 3.79. The van der Waals surface area contributed by atoms with Crippen molar-refractivity contribution in [3.05, 3.63) is 23.8 Å². The lowest BCUT2D eigenvalue weighted by molar-refractivity contribution is 0.174. The maximum atomic E-state index is 5.46. The van der Waals surface area contributed by atoms with Gasteiger partial charge in [0.1, 0.15) is 0 Å². The number of guanidine groups is 1. The molecular weight excluding hydrogens is 340 g/mol. The Kier molecular flexibility index (Phi) is 7.63. The van der Waals surface area contributed by atoms with Crippen molar-refractivity contribution < 1.29 is 9.47 Å². The SMILES string of the molecule is CN=C(NCCCCCN1CCCCC1)N(C)Cc1ccc2c(c1)OCO2. The summed E-state index contributed by atoms with van der Waals surface area (Å²) in [4.78, 5) is 9.18. The van der Waals surface area contributed by atoms with Gasteiger partial charge in [-0.15, -0.1) is 0 Å². The summed E-state index contributed by atoms with van der Waals surface area (Å²) in [5, 5.41) is 3.49. The highest BCUT2D eigenvalue weighted by Gasteiger charge is 2.14. The molecule has 1 aromatic rings. The van der Waals surface area contributed by atoms with Crippen molar-refractivity contribution in [2.75, 3.05) is 47.1 Å². The molecule has 0 amide bonds. The zero-order valence-electron chi connectivity index (χ0n) is 16.9. The molecule has 2 aliphatic heterocycles.